The number of nitrogen functional groups attached to an aromatic ring is 1. The maximum Gasteiger partial charge on any atom is 0.241 e. The summed E-state index contributed by atoms with van der Waals surface area (Å²) in [6.45, 7) is 6.21. The van der Waals surface area contributed by atoms with Crippen molar-refractivity contribution < 1.29 is 13.2 Å². The lowest BCUT2D eigenvalue weighted by Crippen LogP contribution is -2.41. The number of nitrogens with two attached hydrogens (primary N) is 1. The van der Waals surface area contributed by atoms with Gasteiger partial charge in [-0.05, 0) is 56.9 Å². The molecule has 20 heavy (non-hydrogen) atoms. The maximum absolute atomic E-state index is 12.5. The fourth-order valence-electron chi connectivity index (χ4n) is 2.52. The predicted octanol–water partition coefficient (Wildman–Crippen LogP) is 1.73. The highest BCUT2D eigenvalue weighted by Gasteiger charge is 2.26. The van der Waals surface area contributed by atoms with Gasteiger partial charge in [0.05, 0.1) is 11.0 Å². The molecule has 1 aromatic rings. The summed E-state index contributed by atoms with van der Waals surface area (Å²) in [6.07, 6.45) is 1.48. The zero-order valence-electron chi connectivity index (χ0n) is 12.1. The van der Waals surface area contributed by atoms with Crippen molar-refractivity contribution in [1.29, 1.82) is 0 Å². The summed E-state index contributed by atoms with van der Waals surface area (Å²) in [5.41, 5.74) is 7.86. The van der Waals surface area contributed by atoms with Crippen molar-refractivity contribution in [2.24, 2.45) is 0 Å². The minimum Gasteiger partial charge on any atom is -0.399 e. The molecule has 0 spiro atoms. The smallest absolute Gasteiger partial charge is 0.241 e. The van der Waals surface area contributed by atoms with Crippen LogP contribution in [0.15, 0.2) is 17.0 Å². The van der Waals surface area contributed by atoms with Crippen LogP contribution in [-0.4, -0.2) is 27.2 Å². The number of benzene rings is 1. The third-order valence-corrected chi connectivity index (χ3v) is 5.39. The Morgan fingerprint density at radius 3 is 2.70 bits per heavy atom. The SMILES string of the molecule is Cc1cc(N)cc(S(=O)(=O)NC2CCOC(C)C2)c1C. The Morgan fingerprint density at radius 1 is 1.35 bits per heavy atom. The summed E-state index contributed by atoms with van der Waals surface area (Å²) in [5.74, 6) is 0. The number of rotatable bonds is 3. The van der Waals surface area contributed by atoms with Gasteiger partial charge in [0.25, 0.3) is 0 Å². The number of hydrogen-bond donors (Lipinski definition) is 2. The van der Waals surface area contributed by atoms with E-state index < -0.39 is 10.0 Å². The molecule has 1 saturated heterocycles. The largest absolute Gasteiger partial charge is 0.399 e. The molecule has 2 unspecified atom stereocenters. The Morgan fingerprint density at radius 2 is 2.05 bits per heavy atom. The first-order chi connectivity index (χ1) is 9.29. The predicted molar refractivity (Wildman–Crippen MR) is 79.1 cm³/mol. The number of aryl methyl sites for hydroxylation is 1. The maximum atomic E-state index is 12.5. The first-order valence-electron chi connectivity index (χ1n) is 6.80. The molecule has 0 bridgehead atoms. The first kappa shape index (κ1) is 15.3. The second-order valence-electron chi connectivity index (χ2n) is 5.48. The van der Waals surface area contributed by atoms with E-state index in [-0.39, 0.29) is 17.0 Å². The van der Waals surface area contributed by atoms with Crippen molar-refractivity contribution >= 4 is 15.7 Å². The summed E-state index contributed by atoms with van der Waals surface area (Å²) >= 11 is 0. The fourth-order valence-corrected chi connectivity index (χ4v) is 4.16. The molecule has 0 amide bonds. The average Bonchev–Trinajstić information content (AvgIpc) is 2.33. The molecule has 0 radical (unpaired) electrons. The quantitative estimate of drug-likeness (QED) is 0.833. The Bertz CT molecular complexity index is 599. The normalized spacial score (nSPS) is 23.8. The van der Waals surface area contributed by atoms with Crippen LogP contribution in [0.4, 0.5) is 5.69 Å². The summed E-state index contributed by atoms with van der Waals surface area (Å²) < 4.78 is 33.3. The molecule has 1 fully saturated rings. The molecule has 2 atom stereocenters. The van der Waals surface area contributed by atoms with Crippen LogP contribution in [0.25, 0.3) is 0 Å². The zero-order chi connectivity index (χ0) is 14.9. The first-order valence-corrected chi connectivity index (χ1v) is 8.28. The van der Waals surface area contributed by atoms with E-state index in [2.05, 4.69) is 4.72 Å². The Labute approximate surface area is 120 Å². The van der Waals surface area contributed by atoms with Gasteiger partial charge in [0.1, 0.15) is 0 Å². The van der Waals surface area contributed by atoms with E-state index >= 15 is 0 Å². The summed E-state index contributed by atoms with van der Waals surface area (Å²) in [6, 6.07) is 3.23. The molecule has 1 aromatic carbocycles. The highest BCUT2D eigenvalue weighted by Crippen LogP contribution is 2.24. The number of nitrogens with one attached hydrogen (secondary N) is 1. The van der Waals surface area contributed by atoms with Gasteiger partial charge in [0.2, 0.25) is 10.0 Å². The van der Waals surface area contributed by atoms with E-state index in [4.69, 9.17) is 10.5 Å². The molecule has 1 heterocycles. The van der Waals surface area contributed by atoms with Gasteiger partial charge in [0.15, 0.2) is 0 Å². The molecule has 2 rings (SSSR count). The van der Waals surface area contributed by atoms with E-state index in [1.165, 1.54) is 6.07 Å². The zero-order valence-corrected chi connectivity index (χ0v) is 13.0. The van der Waals surface area contributed by atoms with Gasteiger partial charge in [-0.1, -0.05) is 0 Å². The van der Waals surface area contributed by atoms with Gasteiger partial charge in [-0.25, -0.2) is 13.1 Å². The second-order valence-corrected chi connectivity index (χ2v) is 7.17. The molecule has 0 aliphatic carbocycles. The lowest BCUT2D eigenvalue weighted by molar-refractivity contribution is 0.0173. The molecular formula is C14H22N2O3S. The van der Waals surface area contributed by atoms with Gasteiger partial charge < -0.3 is 10.5 Å². The molecule has 1 aliphatic heterocycles. The highest BCUT2D eigenvalue weighted by atomic mass is 32.2. The van der Waals surface area contributed by atoms with Gasteiger partial charge in [0, 0.05) is 18.3 Å². The minimum atomic E-state index is -3.54. The van der Waals surface area contributed by atoms with Gasteiger partial charge in [-0.3, -0.25) is 0 Å². The van der Waals surface area contributed by atoms with Crippen molar-refractivity contribution in [3.63, 3.8) is 0 Å². The van der Waals surface area contributed by atoms with E-state index in [0.29, 0.717) is 25.1 Å². The van der Waals surface area contributed by atoms with Crippen LogP contribution in [0.5, 0.6) is 0 Å². The van der Waals surface area contributed by atoms with Gasteiger partial charge in [-0.2, -0.15) is 0 Å². The van der Waals surface area contributed by atoms with Crippen molar-refractivity contribution in [2.75, 3.05) is 12.3 Å². The number of sulfonamides is 1. The van der Waals surface area contributed by atoms with Crippen LogP contribution in [0.2, 0.25) is 0 Å². The van der Waals surface area contributed by atoms with Crippen LogP contribution in [0.1, 0.15) is 30.9 Å². The van der Waals surface area contributed by atoms with Crippen LogP contribution in [0, 0.1) is 13.8 Å². The lowest BCUT2D eigenvalue weighted by Gasteiger charge is -2.28. The topological polar surface area (TPSA) is 81.4 Å². The molecule has 0 saturated carbocycles. The summed E-state index contributed by atoms with van der Waals surface area (Å²) in [4.78, 5) is 0.272. The third kappa shape index (κ3) is 3.31. The van der Waals surface area contributed by atoms with Crippen LogP contribution in [-0.2, 0) is 14.8 Å². The second kappa shape index (κ2) is 5.71. The number of ether oxygens (including phenoxy) is 1. The standard InChI is InChI=1S/C14H22N2O3S/c1-9-6-12(15)8-14(11(9)3)20(17,18)16-13-4-5-19-10(2)7-13/h6,8,10,13,16H,4-5,7,15H2,1-3H3. The van der Waals surface area contributed by atoms with Crippen LogP contribution >= 0.6 is 0 Å². The lowest BCUT2D eigenvalue weighted by atomic mass is 10.1. The Balaban J connectivity index is 2.26. The molecule has 112 valence electrons. The summed E-state index contributed by atoms with van der Waals surface area (Å²) in [5, 5.41) is 0. The van der Waals surface area contributed by atoms with E-state index in [9.17, 15) is 8.42 Å². The Hall–Kier alpha value is -1.11. The third-order valence-electron chi connectivity index (χ3n) is 3.74. The average molecular weight is 298 g/mol. The van der Waals surface area contributed by atoms with Gasteiger partial charge in [-0.15, -0.1) is 0 Å². The van der Waals surface area contributed by atoms with Gasteiger partial charge >= 0.3 is 0 Å². The van der Waals surface area contributed by atoms with Crippen molar-refractivity contribution in [1.82, 2.24) is 4.72 Å². The molecule has 0 aromatic heterocycles. The van der Waals surface area contributed by atoms with Crippen LogP contribution in [0.3, 0.4) is 0 Å². The number of anilines is 1. The van der Waals surface area contributed by atoms with Crippen molar-refractivity contribution in [3.05, 3.63) is 23.3 Å². The van der Waals surface area contributed by atoms with E-state index in [1.807, 2.05) is 13.8 Å². The molecule has 5 nitrogen and oxygen atoms in total. The molecule has 1 aliphatic rings. The highest BCUT2D eigenvalue weighted by molar-refractivity contribution is 7.89. The van der Waals surface area contributed by atoms with E-state index in [1.54, 1.807) is 13.0 Å². The Kier molecular flexibility index (Phi) is 4.36. The molecule has 3 N–H and O–H groups in total. The van der Waals surface area contributed by atoms with E-state index in [0.717, 1.165) is 11.1 Å². The molecular weight excluding hydrogens is 276 g/mol. The van der Waals surface area contributed by atoms with Crippen LogP contribution < -0.4 is 10.5 Å². The van der Waals surface area contributed by atoms with Crippen molar-refractivity contribution in [3.8, 4) is 0 Å². The molecule has 6 heteroatoms. The monoisotopic (exact) mass is 298 g/mol. The fraction of sp³-hybridized carbons (Fsp3) is 0.571. The van der Waals surface area contributed by atoms with Crippen molar-refractivity contribution in [2.45, 2.75) is 50.7 Å². The minimum absolute atomic E-state index is 0.0788. The summed E-state index contributed by atoms with van der Waals surface area (Å²) in [7, 11) is -3.54. The number of hydrogen-bond acceptors (Lipinski definition) is 4.